The van der Waals surface area contributed by atoms with Gasteiger partial charge in [0.2, 0.25) is 5.91 Å². The Kier molecular flexibility index (Phi) is 3.09. The third-order valence-electron chi connectivity index (χ3n) is 3.77. The number of piperazine rings is 1. The van der Waals surface area contributed by atoms with Crippen LogP contribution < -0.4 is 11.1 Å². The van der Waals surface area contributed by atoms with Gasteiger partial charge < -0.3 is 16.0 Å². The normalized spacial score (nSPS) is 17.8. The van der Waals surface area contributed by atoms with E-state index in [0.717, 1.165) is 4.70 Å². The molecule has 2 amide bonds. The summed E-state index contributed by atoms with van der Waals surface area (Å²) >= 11 is 1.32. The highest BCUT2D eigenvalue weighted by molar-refractivity contribution is 7.21. The number of rotatable bonds is 1. The summed E-state index contributed by atoms with van der Waals surface area (Å²) in [4.78, 5) is 31.0. The Morgan fingerprint density at radius 3 is 3.00 bits per heavy atom. The van der Waals surface area contributed by atoms with Crippen molar-refractivity contribution in [2.45, 2.75) is 19.4 Å². The number of fused-ring (bicyclic) bond motifs is 1. The van der Waals surface area contributed by atoms with E-state index in [0.29, 0.717) is 29.2 Å². The molecule has 21 heavy (non-hydrogen) atoms. The molecule has 0 saturated carbocycles. The summed E-state index contributed by atoms with van der Waals surface area (Å²) in [6.07, 6.45) is 1.65. The Bertz CT molecular complexity index is 738. The van der Waals surface area contributed by atoms with Gasteiger partial charge in [-0.2, -0.15) is 0 Å². The van der Waals surface area contributed by atoms with Crippen molar-refractivity contribution in [1.82, 2.24) is 15.2 Å². The number of aromatic nitrogens is 1. The molecule has 6 nitrogen and oxygen atoms in total. The maximum Gasteiger partial charge on any atom is 0.267 e. The molecular formula is C14H16N4O2S. The minimum absolute atomic E-state index is 0.153. The van der Waals surface area contributed by atoms with Crippen molar-refractivity contribution < 1.29 is 9.59 Å². The maximum atomic E-state index is 12.8. The number of hydrogen-bond donors (Lipinski definition) is 2. The summed E-state index contributed by atoms with van der Waals surface area (Å²) in [7, 11) is 0. The monoisotopic (exact) mass is 304 g/mol. The zero-order valence-corrected chi connectivity index (χ0v) is 12.7. The summed E-state index contributed by atoms with van der Waals surface area (Å²) in [6, 6.07) is 3.69. The van der Waals surface area contributed by atoms with Crippen molar-refractivity contribution in [3.63, 3.8) is 0 Å². The van der Waals surface area contributed by atoms with Crippen molar-refractivity contribution in [3.8, 4) is 0 Å². The molecule has 7 heteroatoms. The van der Waals surface area contributed by atoms with Crippen LogP contribution in [0.4, 0.5) is 5.69 Å². The van der Waals surface area contributed by atoms with E-state index in [1.807, 2.05) is 12.1 Å². The number of carbonyl (C=O) groups excluding carboxylic acids is 2. The summed E-state index contributed by atoms with van der Waals surface area (Å²) in [5, 5.41) is 2.78. The zero-order valence-electron chi connectivity index (χ0n) is 11.8. The number of nitrogen functional groups attached to an aromatic ring is 1. The van der Waals surface area contributed by atoms with E-state index in [-0.39, 0.29) is 11.8 Å². The number of anilines is 1. The molecule has 3 rings (SSSR count). The first kappa shape index (κ1) is 13.8. The van der Waals surface area contributed by atoms with E-state index in [9.17, 15) is 9.59 Å². The second-order valence-corrected chi connectivity index (χ2v) is 6.52. The van der Waals surface area contributed by atoms with Crippen LogP contribution >= 0.6 is 11.3 Å². The predicted octanol–water partition coefficient (Wildman–Crippen LogP) is 1.23. The average molecular weight is 304 g/mol. The van der Waals surface area contributed by atoms with Gasteiger partial charge in [0.25, 0.3) is 5.91 Å². The van der Waals surface area contributed by atoms with E-state index < -0.39 is 5.54 Å². The molecule has 2 aromatic heterocycles. The summed E-state index contributed by atoms with van der Waals surface area (Å²) < 4.78 is 0.873. The molecule has 0 aromatic carbocycles. The molecule has 2 aromatic rings. The number of carbonyl (C=O) groups is 2. The largest absolute Gasteiger partial charge is 0.396 e. The highest BCUT2D eigenvalue weighted by Gasteiger charge is 2.41. The van der Waals surface area contributed by atoms with Crippen molar-refractivity contribution in [1.29, 1.82) is 0 Å². The average Bonchev–Trinajstić information content (AvgIpc) is 2.79. The fourth-order valence-electron chi connectivity index (χ4n) is 2.48. The Hall–Kier alpha value is -2.15. The van der Waals surface area contributed by atoms with Crippen LogP contribution in [0.15, 0.2) is 18.3 Å². The molecule has 1 saturated heterocycles. The van der Waals surface area contributed by atoms with Gasteiger partial charge in [0, 0.05) is 19.3 Å². The molecule has 3 heterocycles. The first-order valence-electron chi connectivity index (χ1n) is 6.66. The van der Waals surface area contributed by atoms with Crippen LogP contribution in [0.3, 0.4) is 0 Å². The van der Waals surface area contributed by atoms with Gasteiger partial charge in [0.05, 0.1) is 10.4 Å². The van der Waals surface area contributed by atoms with Crippen molar-refractivity contribution in [2.75, 3.05) is 18.8 Å². The Balaban J connectivity index is 2.04. The number of hydrogen-bond acceptors (Lipinski definition) is 5. The Labute approximate surface area is 125 Å². The first-order valence-corrected chi connectivity index (χ1v) is 7.48. The molecule has 1 aliphatic rings. The van der Waals surface area contributed by atoms with Crippen molar-refractivity contribution >= 4 is 39.1 Å². The molecule has 0 aliphatic carbocycles. The van der Waals surface area contributed by atoms with Gasteiger partial charge in [-0.25, -0.2) is 0 Å². The summed E-state index contributed by atoms with van der Waals surface area (Å²) in [5.74, 6) is -0.366. The molecule has 0 atom stereocenters. The number of pyridine rings is 1. The maximum absolute atomic E-state index is 12.8. The molecule has 1 aliphatic heterocycles. The molecule has 1 fully saturated rings. The van der Waals surface area contributed by atoms with Crippen LogP contribution in [0.1, 0.15) is 23.5 Å². The second kappa shape index (κ2) is 4.70. The molecular weight excluding hydrogens is 288 g/mol. The van der Waals surface area contributed by atoms with Gasteiger partial charge in [-0.15, -0.1) is 11.3 Å². The van der Waals surface area contributed by atoms with Gasteiger partial charge >= 0.3 is 0 Å². The lowest BCUT2D eigenvalue weighted by Gasteiger charge is -2.41. The number of nitrogens with two attached hydrogens (primary N) is 1. The van der Waals surface area contributed by atoms with Gasteiger partial charge in [-0.05, 0) is 26.0 Å². The fraction of sp³-hybridized carbons (Fsp3) is 0.357. The zero-order chi connectivity index (χ0) is 15.2. The Morgan fingerprint density at radius 2 is 2.29 bits per heavy atom. The minimum Gasteiger partial charge on any atom is -0.396 e. The molecule has 0 radical (unpaired) electrons. The first-order chi connectivity index (χ1) is 9.93. The van der Waals surface area contributed by atoms with E-state index in [1.54, 1.807) is 24.9 Å². The number of thiophene rings is 1. The summed E-state index contributed by atoms with van der Waals surface area (Å²) in [5.41, 5.74) is 6.22. The topological polar surface area (TPSA) is 88.3 Å². The number of amides is 2. The van der Waals surface area contributed by atoms with E-state index in [2.05, 4.69) is 10.3 Å². The van der Waals surface area contributed by atoms with Crippen LogP contribution in [-0.4, -0.2) is 40.3 Å². The number of nitrogens with one attached hydrogen (secondary N) is 1. The second-order valence-electron chi connectivity index (χ2n) is 5.47. The quantitative estimate of drug-likeness (QED) is 0.829. The van der Waals surface area contributed by atoms with Crippen molar-refractivity contribution in [2.24, 2.45) is 0 Å². The lowest BCUT2D eigenvalue weighted by molar-refractivity contribution is -0.133. The lowest BCUT2D eigenvalue weighted by Crippen LogP contribution is -2.63. The summed E-state index contributed by atoms with van der Waals surface area (Å²) in [6.45, 7) is 4.40. The SMILES string of the molecule is CC1(C)C(=O)NCCN1C(=O)c1sc2cccnc2c1N. The standard InChI is InChI=1S/C14H16N4O2S/c1-14(2)13(20)17-6-7-18(14)12(19)11-9(15)10-8(21-11)4-3-5-16-10/h3-5H,6-7,15H2,1-2H3,(H,17,20). The molecule has 0 spiro atoms. The van der Waals surface area contributed by atoms with Gasteiger partial charge in [-0.1, -0.05) is 0 Å². The van der Waals surface area contributed by atoms with Crippen LogP contribution in [0, 0.1) is 0 Å². The Morgan fingerprint density at radius 1 is 1.52 bits per heavy atom. The van der Waals surface area contributed by atoms with Crippen LogP contribution in [0.25, 0.3) is 10.2 Å². The van der Waals surface area contributed by atoms with Gasteiger partial charge in [0.1, 0.15) is 15.9 Å². The van der Waals surface area contributed by atoms with Crippen LogP contribution in [-0.2, 0) is 4.79 Å². The number of nitrogens with zero attached hydrogens (tertiary/aromatic N) is 2. The third kappa shape index (κ3) is 2.04. The van der Waals surface area contributed by atoms with Gasteiger partial charge in [0.15, 0.2) is 0 Å². The van der Waals surface area contributed by atoms with Crippen LogP contribution in [0.5, 0.6) is 0 Å². The third-order valence-corrected chi connectivity index (χ3v) is 4.92. The fourth-order valence-corrected chi connectivity index (χ4v) is 3.51. The van der Waals surface area contributed by atoms with Crippen molar-refractivity contribution in [3.05, 3.63) is 23.2 Å². The van der Waals surface area contributed by atoms with E-state index >= 15 is 0 Å². The van der Waals surface area contributed by atoms with Crippen LogP contribution in [0.2, 0.25) is 0 Å². The molecule has 3 N–H and O–H groups in total. The molecule has 0 unspecified atom stereocenters. The smallest absolute Gasteiger partial charge is 0.267 e. The predicted molar refractivity (Wildman–Crippen MR) is 82.2 cm³/mol. The lowest BCUT2D eigenvalue weighted by atomic mass is 9.98. The molecule has 110 valence electrons. The highest BCUT2D eigenvalue weighted by atomic mass is 32.1. The minimum atomic E-state index is -0.884. The molecule has 0 bridgehead atoms. The van der Waals surface area contributed by atoms with E-state index in [4.69, 9.17) is 5.73 Å². The highest BCUT2D eigenvalue weighted by Crippen LogP contribution is 2.34. The van der Waals surface area contributed by atoms with E-state index in [1.165, 1.54) is 11.3 Å². The van der Waals surface area contributed by atoms with Gasteiger partial charge in [-0.3, -0.25) is 14.6 Å².